The molecule has 0 saturated carbocycles. The van der Waals surface area contributed by atoms with Gasteiger partial charge in [0.05, 0.1) is 0 Å². The van der Waals surface area contributed by atoms with Crippen LogP contribution in [-0.2, 0) is 0 Å². The van der Waals surface area contributed by atoms with E-state index in [1.165, 1.54) is 6.92 Å². The molecule has 0 amide bonds. The van der Waals surface area contributed by atoms with Crippen molar-refractivity contribution in [1.29, 1.82) is 0 Å². The second-order valence-corrected chi connectivity index (χ2v) is 3.61. The zero-order valence-corrected chi connectivity index (χ0v) is 7.48. The van der Waals surface area contributed by atoms with Gasteiger partial charge in [0.25, 0.3) is 0 Å². The summed E-state index contributed by atoms with van der Waals surface area (Å²) in [5.41, 5.74) is 0. The minimum absolute atomic E-state index is 0.239. The molecule has 0 aromatic carbocycles. The Morgan fingerprint density at radius 3 is 1.62 bits per heavy atom. The standard InChI is InChI=1S/C6H8F6S/c1-2-13-3-4(5(7,8)9)6(10,11)12/h4H,2-3H2,1H3. The minimum atomic E-state index is -5.19. The SMILES string of the molecule is CCSCC(C(F)(F)F)C(F)(F)F. The molecular formula is C6H8F6S. The molecule has 0 aromatic heterocycles. The summed E-state index contributed by atoms with van der Waals surface area (Å²) in [6.45, 7) is 1.51. The average molecular weight is 226 g/mol. The van der Waals surface area contributed by atoms with Crippen LogP contribution in [0.1, 0.15) is 6.92 Å². The first-order valence-electron chi connectivity index (χ1n) is 3.40. The molecule has 0 aliphatic heterocycles. The highest BCUT2D eigenvalue weighted by atomic mass is 32.2. The highest BCUT2D eigenvalue weighted by molar-refractivity contribution is 7.99. The van der Waals surface area contributed by atoms with E-state index in [-0.39, 0.29) is 5.75 Å². The van der Waals surface area contributed by atoms with Crippen molar-refractivity contribution in [3.63, 3.8) is 0 Å². The molecule has 0 unspecified atom stereocenters. The largest absolute Gasteiger partial charge is 0.401 e. The van der Waals surface area contributed by atoms with Gasteiger partial charge in [0.1, 0.15) is 0 Å². The molecule has 0 aliphatic rings. The van der Waals surface area contributed by atoms with Crippen molar-refractivity contribution >= 4 is 11.8 Å². The summed E-state index contributed by atoms with van der Waals surface area (Å²) in [6.07, 6.45) is -10.4. The van der Waals surface area contributed by atoms with Crippen LogP contribution in [0.25, 0.3) is 0 Å². The molecule has 0 N–H and O–H groups in total. The van der Waals surface area contributed by atoms with Crippen molar-refractivity contribution in [3.8, 4) is 0 Å². The molecule has 13 heavy (non-hydrogen) atoms. The lowest BCUT2D eigenvalue weighted by Crippen LogP contribution is -2.38. The van der Waals surface area contributed by atoms with Crippen molar-refractivity contribution < 1.29 is 26.3 Å². The van der Waals surface area contributed by atoms with Crippen LogP contribution in [0.5, 0.6) is 0 Å². The first-order chi connectivity index (χ1) is 5.69. The Morgan fingerprint density at radius 2 is 1.38 bits per heavy atom. The number of hydrogen-bond acceptors (Lipinski definition) is 1. The quantitative estimate of drug-likeness (QED) is 0.664. The smallest absolute Gasteiger partial charge is 0.170 e. The molecule has 0 nitrogen and oxygen atoms in total. The third-order valence-electron chi connectivity index (χ3n) is 1.28. The lowest BCUT2D eigenvalue weighted by Gasteiger charge is -2.22. The molecule has 0 rings (SSSR count). The van der Waals surface area contributed by atoms with Crippen LogP contribution < -0.4 is 0 Å². The van der Waals surface area contributed by atoms with E-state index in [2.05, 4.69) is 0 Å². The normalized spacial score (nSPS) is 13.8. The Balaban J connectivity index is 4.39. The number of thioether (sulfide) groups is 1. The van der Waals surface area contributed by atoms with Crippen LogP contribution in [0.4, 0.5) is 26.3 Å². The molecule has 7 heteroatoms. The van der Waals surface area contributed by atoms with Crippen molar-refractivity contribution in [2.75, 3.05) is 11.5 Å². The van der Waals surface area contributed by atoms with Gasteiger partial charge in [-0.3, -0.25) is 0 Å². The number of halogens is 6. The van der Waals surface area contributed by atoms with Crippen molar-refractivity contribution in [2.24, 2.45) is 5.92 Å². The second-order valence-electron chi connectivity index (χ2n) is 2.30. The molecule has 0 aliphatic carbocycles. The molecule has 0 saturated heterocycles. The number of hydrogen-bond donors (Lipinski definition) is 0. The van der Waals surface area contributed by atoms with Gasteiger partial charge < -0.3 is 0 Å². The maximum absolute atomic E-state index is 11.8. The summed E-state index contributed by atoms with van der Waals surface area (Å²) in [4.78, 5) is 0. The van der Waals surface area contributed by atoms with E-state index >= 15 is 0 Å². The molecule has 0 aromatic rings. The maximum atomic E-state index is 11.8. The van der Waals surface area contributed by atoms with E-state index in [0.717, 1.165) is 0 Å². The van der Waals surface area contributed by atoms with Gasteiger partial charge in [0, 0.05) is 5.75 Å². The van der Waals surface area contributed by atoms with Crippen molar-refractivity contribution in [2.45, 2.75) is 19.3 Å². The Labute approximate surface area is 75.7 Å². The monoisotopic (exact) mass is 226 g/mol. The fourth-order valence-electron chi connectivity index (χ4n) is 0.610. The first kappa shape index (κ1) is 12.9. The predicted molar refractivity (Wildman–Crippen MR) is 38.6 cm³/mol. The first-order valence-corrected chi connectivity index (χ1v) is 4.56. The lowest BCUT2D eigenvalue weighted by molar-refractivity contribution is -0.276. The van der Waals surface area contributed by atoms with Gasteiger partial charge in [-0.25, -0.2) is 0 Å². The molecule has 0 spiro atoms. The highest BCUT2D eigenvalue weighted by Gasteiger charge is 2.56. The van der Waals surface area contributed by atoms with E-state index in [4.69, 9.17) is 0 Å². The Morgan fingerprint density at radius 1 is 1.00 bits per heavy atom. The van der Waals surface area contributed by atoms with Crippen molar-refractivity contribution in [1.82, 2.24) is 0 Å². The van der Waals surface area contributed by atoms with Gasteiger partial charge in [0.15, 0.2) is 5.92 Å². The van der Waals surface area contributed by atoms with E-state index in [1.54, 1.807) is 0 Å². The fraction of sp³-hybridized carbons (Fsp3) is 1.00. The molecule has 0 atom stereocenters. The topological polar surface area (TPSA) is 0 Å². The van der Waals surface area contributed by atoms with Gasteiger partial charge in [-0.2, -0.15) is 38.1 Å². The summed E-state index contributed by atoms with van der Waals surface area (Å²) in [5, 5.41) is 0. The number of rotatable bonds is 3. The van der Waals surface area contributed by atoms with Crippen LogP contribution >= 0.6 is 11.8 Å². The molecule has 0 bridgehead atoms. The van der Waals surface area contributed by atoms with E-state index < -0.39 is 24.0 Å². The van der Waals surface area contributed by atoms with Crippen LogP contribution in [-0.4, -0.2) is 23.9 Å². The van der Waals surface area contributed by atoms with Crippen LogP contribution in [0, 0.1) is 5.92 Å². The Kier molecular flexibility index (Phi) is 4.41. The van der Waals surface area contributed by atoms with E-state index in [1.807, 2.05) is 0 Å². The highest BCUT2D eigenvalue weighted by Crippen LogP contribution is 2.40. The predicted octanol–water partition coefficient (Wildman–Crippen LogP) is 3.48. The number of alkyl halides is 6. The van der Waals surface area contributed by atoms with Gasteiger partial charge in [-0.1, -0.05) is 6.92 Å². The zero-order valence-electron chi connectivity index (χ0n) is 6.67. The second kappa shape index (κ2) is 4.43. The zero-order chi connectivity index (χ0) is 10.7. The summed E-state index contributed by atoms with van der Waals surface area (Å²) >= 11 is 0.630. The Hall–Kier alpha value is -0.0700. The van der Waals surface area contributed by atoms with Gasteiger partial charge in [0.2, 0.25) is 0 Å². The van der Waals surface area contributed by atoms with E-state index in [0.29, 0.717) is 11.8 Å². The van der Waals surface area contributed by atoms with Gasteiger partial charge in [-0.05, 0) is 5.75 Å². The fourth-order valence-corrected chi connectivity index (χ4v) is 1.46. The molecule has 0 heterocycles. The maximum Gasteiger partial charge on any atom is 0.401 e. The van der Waals surface area contributed by atoms with Crippen LogP contribution in [0.3, 0.4) is 0 Å². The third-order valence-corrected chi connectivity index (χ3v) is 2.26. The Bertz CT molecular complexity index is 134. The summed E-state index contributed by atoms with van der Waals surface area (Å²) < 4.78 is 70.8. The molecular weight excluding hydrogens is 218 g/mol. The van der Waals surface area contributed by atoms with Crippen molar-refractivity contribution in [3.05, 3.63) is 0 Å². The van der Waals surface area contributed by atoms with Gasteiger partial charge in [-0.15, -0.1) is 0 Å². The average Bonchev–Trinajstić information content (AvgIpc) is 1.81. The summed E-state index contributed by atoms with van der Waals surface area (Å²) in [7, 11) is 0. The minimum Gasteiger partial charge on any atom is -0.170 e. The molecule has 80 valence electrons. The molecule has 0 fully saturated rings. The summed E-state index contributed by atoms with van der Waals surface area (Å²) in [5.74, 6) is -3.92. The lowest BCUT2D eigenvalue weighted by atomic mass is 10.1. The molecule has 0 radical (unpaired) electrons. The summed E-state index contributed by atoms with van der Waals surface area (Å²) in [6, 6.07) is 0. The third kappa shape index (κ3) is 4.64. The van der Waals surface area contributed by atoms with E-state index in [9.17, 15) is 26.3 Å². The van der Waals surface area contributed by atoms with Crippen LogP contribution in [0.2, 0.25) is 0 Å². The van der Waals surface area contributed by atoms with Crippen LogP contribution in [0.15, 0.2) is 0 Å². The van der Waals surface area contributed by atoms with Gasteiger partial charge >= 0.3 is 12.4 Å².